The number of carbonyl (C=O) groups excluding carboxylic acids is 1. The van der Waals surface area contributed by atoms with E-state index in [-0.39, 0.29) is 5.69 Å². The molecule has 0 aliphatic rings. The molecule has 1 aromatic carbocycles. The van der Waals surface area contributed by atoms with Gasteiger partial charge in [-0.25, -0.2) is 9.78 Å². The highest BCUT2D eigenvalue weighted by atomic mass is 32.1. The summed E-state index contributed by atoms with van der Waals surface area (Å²) in [5.41, 5.74) is -0.991. The first kappa shape index (κ1) is 13.5. The molecule has 3 nitrogen and oxygen atoms in total. The number of aromatic nitrogens is 1. The van der Waals surface area contributed by atoms with E-state index in [4.69, 9.17) is 4.74 Å². The molecule has 0 N–H and O–H groups in total. The molecule has 0 aliphatic carbocycles. The molecule has 0 radical (unpaired) electrons. The van der Waals surface area contributed by atoms with Crippen LogP contribution in [0.2, 0.25) is 0 Å². The van der Waals surface area contributed by atoms with E-state index >= 15 is 0 Å². The molecule has 100 valence electrons. The van der Waals surface area contributed by atoms with Crippen LogP contribution in [0.25, 0.3) is 0 Å². The quantitative estimate of drug-likeness (QED) is 0.624. The van der Waals surface area contributed by atoms with Crippen molar-refractivity contribution in [3.8, 4) is 5.75 Å². The summed E-state index contributed by atoms with van der Waals surface area (Å²) in [5, 5.41) is 2.07. The van der Waals surface area contributed by atoms with E-state index in [9.17, 15) is 18.0 Å². The topological polar surface area (TPSA) is 39.2 Å². The van der Waals surface area contributed by atoms with E-state index in [2.05, 4.69) is 4.98 Å². The minimum absolute atomic E-state index is 0.000484. The van der Waals surface area contributed by atoms with Crippen LogP contribution in [0.5, 0.6) is 5.75 Å². The van der Waals surface area contributed by atoms with Gasteiger partial charge in [0.25, 0.3) is 0 Å². The number of halogens is 3. The van der Waals surface area contributed by atoms with Gasteiger partial charge in [-0.15, -0.1) is 11.3 Å². The maximum absolute atomic E-state index is 12.7. The average Bonchev–Trinajstić information content (AvgIpc) is 2.75. The average molecular weight is 287 g/mol. The SMILES string of the molecule is Cc1nc(C(=O)Oc2ccccc2C(F)(F)F)cs1. The highest BCUT2D eigenvalue weighted by Gasteiger charge is 2.34. The number of hydrogen-bond donors (Lipinski definition) is 0. The Morgan fingerprint density at radius 3 is 2.58 bits per heavy atom. The molecule has 0 unspecified atom stereocenters. The first-order valence-corrected chi connectivity index (χ1v) is 6.06. The van der Waals surface area contributed by atoms with Crippen LogP contribution in [0.3, 0.4) is 0 Å². The summed E-state index contributed by atoms with van der Waals surface area (Å²) in [6.45, 7) is 1.69. The predicted molar refractivity (Wildman–Crippen MR) is 63.3 cm³/mol. The first-order chi connectivity index (χ1) is 8.88. The van der Waals surface area contributed by atoms with Crippen molar-refractivity contribution in [1.29, 1.82) is 0 Å². The van der Waals surface area contributed by atoms with E-state index in [1.54, 1.807) is 6.92 Å². The Labute approximate surface area is 110 Å². The Balaban J connectivity index is 2.27. The van der Waals surface area contributed by atoms with Crippen LogP contribution < -0.4 is 4.74 Å². The Hall–Kier alpha value is -1.89. The van der Waals surface area contributed by atoms with Gasteiger partial charge in [0, 0.05) is 5.38 Å². The zero-order valence-electron chi connectivity index (χ0n) is 9.69. The molecule has 7 heteroatoms. The third-order valence-corrected chi connectivity index (χ3v) is 3.00. The zero-order valence-corrected chi connectivity index (χ0v) is 10.5. The van der Waals surface area contributed by atoms with E-state index < -0.39 is 23.5 Å². The lowest BCUT2D eigenvalue weighted by Crippen LogP contribution is -2.14. The summed E-state index contributed by atoms with van der Waals surface area (Å²) in [7, 11) is 0. The largest absolute Gasteiger partial charge is 0.421 e. The maximum atomic E-state index is 12.7. The molecule has 0 aliphatic heterocycles. The van der Waals surface area contributed by atoms with E-state index in [0.29, 0.717) is 5.01 Å². The number of rotatable bonds is 2. The van der Waals surface area contributed by atoms with Crippen molar-refractivity contribution < 1.29 is 22.7 Å². The highest BCUT2D eigenvalue weighted by molar-refractivity contribution is 7.09. The van der Waals surface area contributed by atoms with Crippen molar-refractivity contribution in [3.05, 3.63) is 45.9 Å². The number of aryl methyl sites for hydroxylation is 1. The van der Waals surface area contributed by atoms with Gasteiger partial charge in [0.1, 0.15) is 5.75 Å². The number of benzene rings is 1. The van der Waals surface area contributed by atoms with Crippen molar-refractivity contribution >= 4 is 17.3 Å². The lowest BCUT2D eigenvalue weighted by atomic mass is 10.2. The van der Waals surface area contributed by atoms with Gasteiger partial charge in [-0.2, -0.15) is 13.2 Å². The number of alkyl halides is 3. The van der Waals surface area contributed by atoms with Gasteiger partial charge < -0.3 is 4.74 Å². The van der Waals surface area contributed by atoms with E-state index in [0.717, 1.165) is 12.1 Å². The van der Waals surface area contributed by atoms with Crippen molar-refractivity contribution in [1.82, 2.24) is 4.98 Å². The summed E-state index contributed by atoms with van der Waals surface area (Å²) < 4.78 is 42.9. The monoisotopic (exact) mass is 287 g/mol. The molecule has 1 aromatic heterocycles. The second-order valence-corrected chi connectivity index (χ2v) is 4.70. The molecule has 0 bridgehead atoms. The summed E-state index contributed by atoms with van der Waals surface area (Å²) in [4.78, 5) is 15.5. The minimum atomic E-state index is -4.57. The first-order valence-electron chi connectivity index (χ1n) is 5.18. The van der Waals surface area contributed by atoms with E-state index in [1.165, 1.54) is 28.8 Å². The zero-order chi connectivity index (χ0) is 14.0. The normalized spacial score (nSPS) is 11.4. The highest BCUT2D eigenvalue weighted by Crippen LogP contribution is 2.36. The Morgan fingerprint density at radius 1 is 1.32 bits per heavy atom. The predicted octanol–water partition coefficient (Wildman–Crippen LogP) is 3.69. The van der Waals surface area contributed by atoms with Crippen LogP contribution in [0.4, 0.5) is 13.2 Å². The van der Waals surface area contributed by atoms with Gasteiger partial charge in [-0.1, -0.05) is 12.1 Å². The molecule has 0 fully saturated rings. The molecule has 1 heterocycles. The van der Waals surface area contributed by atoms with Gasteiger partial charge in [-0.3, -0.25) is 0 Å². The molecule has 19 heavy (non-hydrogen) atoms. The Kier molecular flexibility index (Phi) is 3.57. The fourth-order valence-corrected chi connectivity index (χ4v) is 1.98. The van der Waals surface area contributed by atoms with Crippen LogP contribution >= 0.6 is 11.3 Å². The van der Waals surface area contributed by atoms with Crippen LogP contribution in [0.15, 0.2) is 29.6 Å². The van der Waals surface area contributed by atoms with Crippen LogP contribution in [0.1, 0.15) is 21.1 Å². The molecule has 0 saturated heterocycles. The number of esters is 1. The van der Waals surface area contributed by atoms with Crippen molar-refractivity contribution in [2.45, 2.75) is 13.1 Å². The third-order valence-electron chi connectivity index (χ3n) is 2.22. The molecule has 0 atom stereocenters. The van der Waals surface area contributed by atoms with Gasteiger partial charge in [0.15, 0.2) is 5.69 Å². The summed E-state index contributed by atoms with van der Waals surface area (Å²) in [6, 6.07) is 4.55. The van der Waals surface area contributed by atoms with Gasteiger partial charge in [-0.05, 0) is 19.1 Å². The number of ether oxygens (including phenoxy) is 1. The number of hydrogen-bond acceptors (Lipinski definition) is 4. The fraction of sp³-hybridized carbons (Fsp3) is 0.167. The van der Waals surface area contributed by atoms with Crippen molar-refractivity contribution in [3.63, 3.8) is 0 Å². The van der Waals surface area contributed by atoms with Gasteiger partial charge in [0.05, 0.1) is 10.6 Å². The number of thiazole rings is 1. The second-order valence-electron chi connectivity index (χ2n) is 3.64. The van der Waals surface area contributed by atoms with Crippen LogP contribution in [-0.2, 0) is 6.18 Å². The van der Waals surface area contributed by atoms with Crippen LogP contribution in [0, 0.1) is 6.92 Å². The second kappa shape index (κ2) is 5.00. The molecular weight excluding hydrogens is 279 g/mol. The maximum Gasteiger partial charge on any atom is 0.419 e. The number of para-hydroxylation sites is 1. The standard InChI is InChI=1S/C12H8F3NO2S/c1-7-16-9(6-19-7)11(17)18-10-5-3-2-4-8(10)12(13,14)15/h2-6H,1H3. The molecular formula is C12H8F3NO2S. The molecule has 0 saturated carbocycles. The van der Waals surface area contributed by atoms with Crippen molar-refractivity contribution in [2.24, 2.45) is 0 Å². The lowest BCUT2D eigenvalue weighted by Gasteiger charge is -2.11. The molecule has 2 aromatic rings. The van der Waals surface area contributed by atoms with Gasteiger partial charge in [0.2, 0.25) is 0 Å². The smallest absolute Gasteiger partial charge is 0.419 e. The van der Waals surface area contributed by atoms with Crippen molar-refractivity contribution in [2.75, 3.05) is 0 Å². The fourth-order valence-electron chi connectivity index (χ4n) is 1.40. The lowest BCUT2D eigenvalue weighted by molar-refractivity contribution is -0.138. The van der Waals surface area contributed by atoms with E-state index in [1.807, 2.05) is 0 Å². The Morgan fingerprint density at radius 2 is 2.00 bits per heavy atom. The Bertz CT molecular complexity index is 607. The van der Waals surface area contributed by atoms with Crippen LogP contribution in [-0.4, -0.2) is 11.0 Å². The number of carbonyl (C=O) groups is 1. The molecule has 0 amide bonds. The summed E-state index contributed by atoms with van der Waals surface area (Å²) in [5.74, 6) is -1.42. The summed E-state index contributed by atoms with van der Waals surface area (Å²) in [6.07, 6.45) is -4.57. The number of nitrogens with zero attached hydrogens (tertiary/aromatic N) is 1. The summed E-state index contributed by atoms with van der Waals surface area (Å²) >= 11 is 1.22. The minimum Gasteiger partial charge on any atom is -0.421 e. The molecule has 2 rings (SSSR count). The van der Waals surface area contributed by atoms with Gasteiger partial charge >= 0.3 is 12.1 Å². The third kappa shape index (κ3) is 3.11. The molecule has 0 spiro atoms.